The molecule has 0 saturated carbocycles. The summed E-state index contributed by atoms with van der Waals surface area (Å²) in [7, 11) is 0. The van der Waals surface area contributed by atoms with Gasteiger partial charge in [0.25, 0.3) is 0 Å². The van der Waals surface area contributed by atoms with Gasteiger partial charge < -0.3 is 19.6 Å². The molecular weight excluding hydrogens is 1450 g/mol. The average Bonchev–Trinajstić information content (AvgIpc) is 1.57. The maximum atomic E-state index is 2.53. The Hall–Kier alpha value is -15.4. The highest BCUT2D eigenvalue weighted by Gasteiger charge is 2.54. The first kappa shape index (κ1) is 70.1. The fraction of sp³-hybridized carbons (Fsp3) is 0.0345. The standard InChI is InChI=1S/C116H80N4/c1-5-32-79(33-6-1)84-36-29-39-87(74-84)95-46-15-23-56-109(95)117(89-41-9-3-10-42-89)93-70-72-99-98-49-14-18-51-102(98)116(107(99)77-93)105-54-21-27-60-113(105)120(114-61-28-22-55-106(114)116)92-45-31-38-86(76-92)83-64-62-81(63-65-83)82-66-68-91(69-67-82)118(110-57-24-16-47-96(110)88-40-30-37-85(75-88)80-34-7-2-8-35-80)94-71-73-100-97-48-13-17-50-101(97)115(108(100)78-94)103-52-19-25-58-111(103)119(90-43-11-4-12-44-90)112-59-26-20-53-104(112)115/h1-14,16-45,47-78H,15,46H2. The van der Waals surface area contributed by atoms with Crippen LogP contribution in [0.15, 0.2) is 467 Å². The van der Waals surface area contributed by atoms with E-state index >= 15 is 0 Å². The highest BCUT2D eigenvalue weighted by molar-refractivity contribution is 6.01. The fourth-order valence-electron chi connectivity index (χ4n) is 20.6. The number of hydrogen-bond acceptors (Lipinski definition) is 4. The number of benzene rings is 18. The van der Waals surface area contributed by atoms with Crippen molar-refractivity contribution in [2.75, 3.05) is 19.6 Å². The molecule has 0 radical (unpaired) electrons. The number of nitrogens with zero attached hydrogens (tertiary/aromatic N) is 4. The van der Waals surface area contributed by atoms with E-state index in [1.807, 2.05) is 0 Å². The maximum Gasteiger partial charge on any atom is 0.0755 e. The number of hydrogen-bond donors (Lipinski definition) is 0. The first-order chi connectivity index (χ1) is 59.5. The normalized spacial score (nSPS) is 13.8. The number of anilines is 11. The van der Waals surface area contributed by atoms with Crippen LogP contribution in [0.5, 0.6) is 0 Å². The Morgan fingerprint density at radius 2 is 0.550 bits per heavy atom. The zero-order chi connectivity index (χ0) is 79.2. The topological polar surface area (TPSA) is 13.0 Å². The molecule has 0 N–H and O–H groups in total. The first-order valence-corrected chi connectivity index (χ1v) is 41.8. The first-order valence-electron chi connectivity index (χ1n) is 41.8. The van der Waals surface area contributed by atoms with Crippen molar-refractivity contribution in [2.24, 2.45) is 0 Å². The maximum absolute atomic E-state index is 2.53. The lowest BCUT2D eigenvalue weighted by Crippen LogP contribution is -2.36. The molecule has 4 heteroatoms. The molecule has 0 amide bonds. The third-order valence-electron chi connectivity index (χ3n) is 25.7. The third-order valence-corrected chi connectivity index (χ3v) is 25.7. The van der Waals surface area contributed by atoms with E-state index in [4.69, 9.17) is 0 Å². The van der Waals surface area contributed by atoms with Crippen LogP contribution in [0.1, 0.15) is 62.9 Å². The summed E-state index contributed by atoms with van der Waals surface area (Å²) in [5.74, 6) is 0. The van der Waals surface area contributed by atoms with Gasteiger partial charge in [-0.1, -0.05) is 340 Å². The van der Waals surface area contributed by atoms with E-state index in [1.165, 1.54) is 117 Å². The molecule has 2 aliphatic heterocycles. The van der Waals surface area contributed by atoms with Crippen molar-refractivity contribution >= 4 is 68.1 Å². The van der Waals surface area contributed by atoms with Gasteiger partial charge in [0.2, 0.25) is 0 Å². The smallest absolute Gasteiger partial charge is 0.0755 e. The van der Waals surface area contributed by atoms with Crippen molar-refractivity contribution < 1.29 is 0 Å². The van der Waals surface area contributed by atoms with Crippen LogP contribution < -0.4 is 19.6 Å². The number of allylic oxidation sites excluding steroid dienone is 3. The summed E-state index contributed by atoms with van der Waals surface area (Å²) in [6.07, 6.45) is 6.61. The van der Waals surface area contributed by atoms with Gasteiger partial charge in [0, 0.05) is 45.4 Å². The minimum Gasteiger partial charge on any atom is -0.310 e. The molecule has 0 fully saturated rings. The van der Waals surface area contributed by atoms with Crippen molar-refractivity contribution in [3.8, 4) is 77.9 Å². The molecule has 18 aromatic carbocycles. The summed E-state index contributed by atoms with van der Waals surface area (Å²) in [6, 6.07) is 167. The van der Waals surface area contributed by atoms with E-state index in [-0.39, 0.29) is 0 Å². The van der Waals surface area contributed by atoms with Crippen LogP contribution in [0.25, 0.3) is 83.5 Å². The summed E-state index contributed by atoms with van der Waals surface area (Å²) in [6.45, 7) is 0. The lowest BCUT2D eigenvalue weighted by atomic mass is 9.64. The molecule has 0 saturated heterocycles. The van der Waals surface area contributed by atoms with Gasteiger partial charge in [-0.15, -0.1) is 0 Å². The van der Waals surface area contributed by atoms with Crippen LogP contribution in [0.2, 0.25) is 0 Å². The van der Waals surface area contributed by atoms with Crippen molar-refractivity contribution in [3.05, 3.63) is 517 Å². The second-order valence-corrected chi connectivity index (χ2v) is 32.0. The molecule has 564 valence electrons. The largest absolute Gasteiger partial charge is 0.310 e. The van der Waals surface area contributed by atoms with Crippen molar-refractivity contribution in [1.29, 1.82) is 0 Å². The molecule has 4 nitrogen and oxygen atoms in total. The van der Waals surface area contributed by atoms with E-state index in [1.54, 1.807) is 0 Å². The van der Waals surface area contributed by atoms with Gasteiger partial charge in [-0.3, -0.25) is 0 Å². The second kappa shape index (κ2) is 28.8. The average molecular weight is 1530 g/mol. The van der Waals surface area contributed by atoms with Gasteiger partial charge in [0.15, 0.2) is 0 Å². The molecule has 2 heterocycles. The molecule has 120 heavy (non-hydrogen) atoms. The molecule has 0 bridgehead atoms. The summed E-state index contributed by atoms with van der Waals surface area (Å²) in [5, 5.41) is 0. The molecular formula is C116H80N4. The highest BCUT2D eigenvalue weighted by atomic mass is 15.2. The Kier molecular flexibility index (Phi) is 16.8. The molecule has 0 unspecified atom stereocenters. The van der Waals surface area contributed by atoms with Crippen LogP contribution in [-0.2, 0) is 10.8 Å². The minimum atomic E-state index is -0.665. The molecule has 3 aliphatic carbocycles. The molecule has 18 aromatic rings. The molecule has 5 aliphatic rings. The number of fused-ring (bicyclic) bond motifs is 18. The molecule has 0 atom stereocenters. The van der Waals surface area contributed by atoms with Crippen LogP contribution in [-0.4, -0.2) is 0 Å². The van der Waals surface area contributed by atoms with E-state index in [2.05, 4.69) is 481 Å². The van der Waals surface area contributed by atoms with Gasteiger partial charge >= 0.3 is 0 Å². The quantitative estimate of drug-likeness (QED) is 0.108. The van der Waals surface area contributed by atoms with Crippen LogP contribution >= 0.6 is 0 Å². The van der Waals surface area contributed by atoms with Crippen molar-refractivity contribution in [3.63, 3.8) is 0 Å². The number of para-hydroxylation sites is 7. The Balaban J connectivity index is 0.611. The Morgan fingerprint density at radius 3 is 1.08 bits per heavy atom. The van der Waals surface area contributed by atoms with Gasteiger partial charge in [0.05, 0.1) is 39.3 Å². The van der Waals surface area contributed by atoms with E-state index in [0.29, 0.717) is 0 Å². The SMILES string of the molecule is C1=CC(N(c2ccccc2)c2ccc3c(c2)C2(c4ccccc4-3)c3ccccc3N(c3cccc(-c4ccc(-c5ccc(N(c6ccc7c(c6)C6(c8ccccc8-7)c7ccccc7N(c7ccccc7)c7ccccc76)c6ccccc6-c6cccc(-c7ccccc7)c6)cc5)cc4)c3)c3ccccc32)=C(c2cccc(-c3ccccc3)c2)CC1. The van der Waals surface area contributed by atoms with Gasteiger partial charge in [-0.2, -0.15) is 0 Å². The summed E-state index contributed by atoms with van der Waals surface area (Å²) >= 11 is 0. The predicted molar refractivity (Wildman–Crippen MR) is 500 cm³/mol. The Bertz CT molecular complexity index is 7010. The van der Waals surface area contributed by atoms with Crippen LogP contribution in [0, 0.1) is 0 Å². The fourth-order valence-corrected chi connectivity index (χ4v) is 20.6. The minimum absolute atomic E-state index is 0.648. The predicted octanol–water partition coefficient (Wildman–Crippen LogP) is 30.7. The Morgan fingerprint density at radius 1 is 0.208 bits per heavy atom. The molecule has 23 rings (SSSR count). The van der Waals surface area contributed by atoms with E-state index in [9.17, 15) is 0 Å². The Labute approximate surface area is 701 Å². The molecule has 2 spiro atoms. The highest BCUT2D eigenvalue weighted by Crippen LogP contribution is 2.67. The van der Waals surface area contributed by atoms with Gasteiger partial charge in [0.1, 0.15) is 0 Å². The number of rotatable bonds is 14. The van der Waals surface area contributed by atoms with Crippen LogP contribution in [0.4, 0.5) is 62.6 Å². The van der Waals surface area contributed by atoms with Gasteiger partial charge in [-0.25, -0.2) is 0 Å². The van der Waals surface area contributed by atoms with Gasteiger partial charge in [-0.05, 0) is 262 Å². The van der Waals surface area contributed by atoms with E-state index in [0.717, 1.165) is 97.4 Å². The molecule has 0 aromatic heterocycles. The van der Waals surface area contributed by atoms with E-state index < -0.39 is 10.8 Å². The second-order valence-electron chi connectivity index (χ2n) is 32.0. The third kappa shape index (κ3) is 11.1. The van der Waals surface area contributed by atoms with Crippen molar-refractivity contribution in [2.45, 2.75) is 23.7 Å². The summed E-state index contributed by atoms with van der Waals surface area (Å²) < 4.78 is 0. The lowest BCUT2D eigenvalue weighted by molar-refractivity contribution is 0.752. The zero-order valence-electron chi connectivity index (χ0n) is 66.1. The zero-order valence-corrected chi connectivity index (χ0v) is 66.1. The summed E-state index contributed by atoms with van der Waals surface area (Å²) in [4.78, 5) is 9.98. The lowest BCUT2D eigenvalue weighted by Gasteiger charge is -2.45. The monoisotopic (exact) mass is 1530 g/mol. The van der Waals surface area contributed by atoms with Crippen LogP contribution in [0.3, 0.4) is 0 Å². The summed E-state index contributed by atoms with van der Waals surface area (Å²) in [5.41, 5.74) is 41.5. The van der Waals surface area contributed by atoms with Crippen molar-refractivity contribution in [1.82, 2.24) is 0 Å².